The topological polar surface area (TPSA) is 72.5 Å². The first-order valence-electron chi connectivity index (χ1n) is 5.72. The molecule has 0 bridgehead atoms. The van der Waals surface area contributed by atoms with Crippen molar-refractivity contribution in [3.05, 3.63) is 34.9 Å². The number of hydrogen-bond acceptors (Lipinski definition) is 4. The van der Waals surface area contributed by atoms with Crippen LogP contribution in [0, 0.1) is 13.8 Å². The standard InChI is InChI=1S/C14H15NO3S/c1-7-4-8(2)12(10(5-7)18-3)11-6-9(14(16)17)13(15)19-11/h4-6H,15H2,1-3H3,(H,16,17). The molecule has 3 N–H and O–H groups in total. The van der Waals surface area contributed by atoms with Gasteiger partial charge in [-0.05, 0) is 37.1 Å². The molecule has 0 atom stereocenters. The molecule has 0 spiro atoms. The summed E-state index contributed by atoms with van der Waals surface area (Å²) in [6, 6.07) is 5.56. The summed E-state index contributed by atoms with van der Waals surface area (Å²) in [6.45, 7) is 3.96. The Morgan fingerprint density at radius 3 is 2.53 bits per heavy atom. The van der Waals surface area contributed by atoms with Crippen LogP contribution in [0.1, 0.15) is 21.5 Å². The number of carboxylic acid groups (broad SMARTS) is 1. The number of carboxylic acids is 1. The summed E-state index contributed by atoms with van der Waals surface area (Å²) < 4.78 is 5.39. The maximum absolute atomic E-state index is 11.1. The third-order valence-electron chi connectivity index (χ3n) is 2.90. The van der Waals surface area contributed by atoms with Gasteiger partial charge in [0, 0.05) is 10.4 Å². The monoisotopic (exact) mass is 277 g/mol. The first kappa shape index (κ1) is 13.4. The lowest BCUT2D eigenvalue weighted by Gasteiger charge is -2.11. The molecule has 2 aromatic rings. The van der Waals surface area contributed by atoms with Crippen LogP contribution in [-0.4, -0.2) is 18.2 Å². The number of methoxy groups -OCH3 is 1. The average Bonchev–Trinajstić information content (AvgIpc) is 2.69. The van der Waals surface area contributed by atoms with E-state index in [1.165, 1.54) is 11.3 Å². The van der Waals surface area contributed by atoms with Crippen LogP contribution < -0.4 is 10.5 Å². The van der Waals surface area contributed by atoms with Gasteiger partial charge in [0.25, 0.3) is 0 Å². The lowest BCUT2D eigenvalue weighted by molar-refractivity contribution is 0.0698. The number of ether oxygens (including phenoxy) is 1. The van der Waals surface area contributed by atoms with Crippen molar-refractivity contribution in [2.75, 3.05) is 12.8 Å². The van der Waals surface area contributed by atoms with Gasteiger partial charge in [-0.3, -0.25) is 0 Å². The van der Waals surface area contributed by atoms with E-state index in [-0.39, 0.29) is 5.56 Å². The van der Waals surface area contributed by atoms with Gasteiger partial charge in [-0.15, -0.1) is 11.3 Å². The molecule has 0 fully saturated rings. The molecule has 5 heteroatoms. The number of thiophene rings is 1. The van der Waals surface area contributed by atoms with E-state index in [1.807, 2.05) is 26.0 Å². The van der Waals surface area contributed by atoms with Gasteiger partial charge in [0.15, 0.2) is 0 Å². The molecule has 19 heavy (non-hydrogen) atoms. The molecular weight excluding hydrogens is 262 g/mol. The molecule has 1 aromatic heterocycles. The van der Waals surface area contributed by atoms with E-state index >= 15 is 0 Å². The second kappa shape index (κ2) is 4.93. The smallest absolute Gasteiger partial charge is 0.338 e. The number of carbonyl (C=O) groups is 1. The summed E-state index contributed by atoms with van der Waals surface area (Å²) in [5.74, 6) is -0.278. The van der Waals surface area contributed by atoms with Gasteiger partial charge in [0.05, 0.1) is 12.7 Å². The summed E-state index contributed by atoms with van der Waals surface area (Å²) in [6.07, 6.45) is 0. The van der Waals surface area contributed by atoms with Gasteiger partial charge in [0.2, 0.25) is 0 Å². The Morgan fingerprint density at radius 1 is 1.32 bits per heavy atom. The Morgan fingerprint density at radius 2 is 2.00 bits per heavy atom. The molecule has 1 heterocycles. The molecule has 4 nitrogen and oxygen atoms in total. The third-order valence-corrected chi connectivity index (χ3v) is 3.88. The zero-order chi connectivity index (χ0) is 14.2. The maximum atomic E-state index is 11.1. The third kappa shape index (κ3) is 2.42. The minimum atomic E-state index is -1.01. The van der Waals surface area contributed by atoms with E-state index in [0.717, 1.165) is 27.3 Å². The van der Waals surface area contributed by atoms with E-state index in [2.05, 4.69) is 0 Å². The molecule has 0 saturated carbocycles. The number of nitrogens with two attached hydrogens (primary N) is 1. The number of rotatable bonds is 3. The quantitative estimate of drug-likeness (QED) is 0.902. The Balaban J connectivity index is 2.65. The lowest BCUT2D eigenvalue weighted by Crippen LogP contribution is -1.97. The maximum Gasteiger partial charge on any atom is 0.338 e. The number of anilines is 1. The largest absolute Gasteiger partial charge is 0.496 e. The van der Waals surface area contributed by atoms with Crippen molar-refractivity contribution in [3.8, 4) is 16.2 Å². The summed E-state index contributed by atoms with van der Waals surface area (Å²) in [5, 5.41) is 9.37. The van der Waals surface area contributed by atoms with Crippen LogP contribution in [0.25, 0.3) is 10.4 Å². The first-order chi connectivity index (χ1) is 8.93. The number of aromatic carboxylic acids is 1. The highest BCUT2D eigenvalue weighted by molar-refractivity contribution is 7.19. The predicted molar refractivity (Wildman–Crippen MR) is 77.2 cm³/mol. The van der Waals surface area contributed by atoms with Crippen LogP contribution in [-0.2, 0) is 0 Å². The minimum Gasteiger partial charge on any atom is -0.496 e. The fraction of sp³-hybridized carbons (Fsp3) is 0.214. The van der Waals surface area contributed by atoms with Gasteiger partial charge in [0.1, 0.15) is 10.8 Å². The number of aryl methyl sites for hydroxylation is 2. The van der Waals surface area contributed by atoms with Crippen molar-refractivity contribution in [1.82, 2.24) is 0 Å². The highest BCUT2D eigenvalue weighted by Gasteiger charge is 2.18. The van der Waals surface area contributed by atoms with Gasteiger partial charge < -0.3 is 15.6 Å². The highest BCUT2D eigenvalue weighted by atomic mass is 32.1. The first-order valence-corrected chi connectivity index (χ1v) is 6.54. The van der Waals surface area contributed by atoms with Gasteiger partial charge in [-0.2, -0.15) is 0 Å². The van der Waals surface area contributed by atoms with Crippen molar-refractivity contribution < 1.29 is 14.6 Å². The second-order valence-electron chi connectivity index (χ2n) is 4.35. The molecule has 1 aromatic carbocycles. The number of benzene rings is 1. The van der Waals surface area contributed by atoms with Gasteiger partial charge in [-0.1, -0.05) is 6.07 Å². The average molecular weight is 277 g/mol. The normalized spacial score (nSPS) is 10.5. The molecule has 0 unspecified atom stereocenters. The Kier molecular flexibility index (Phi) is 3.48. The van der Waals surface area contributed by atoms with E-state index in [1.54, 1.807) is 13.2 Å². The number of nitrogen functional groups attached to an aromatic ring is 1. The zero-order valence-corrected chi connectivity index (χ0v) is 11.8. The molecular formula is C14H15NO3S. The van der Waals surface area contributed by atoms with Crippen molar-refractivity contribution in [1.29, 1.82) is 0 Å². The molecule has 0 aliphatic rings. The van der Waals surface area contributed by atoms with E-state index in [9.17, 15) is 4.79 Å². The van der Waals surface area contributed by atoms with Crippen LogP contribution in [0.5, 0.6) is 5.75 Å². The van der Waals surface area contributed by atoms with Crippen molar-refractivity contribution in [2.45, 2.75) is 13.8 Å². The fourth-order valence-corrected chi connectivity index (χ4v) is 3.13. The zero-order valence-electron chi connectivity index (χ0n) is 11.0. The van der Waals surface area contributed by atoms with E-state index in [0.29, 0.717) is 5.00 Å². The van der Waals surface area contributed by atoms with Crippen LogP contribution in [0.3, 0.4) is 0 Å². The SMILES string of the molecule is COc1cc(C)cc(C)c1-c1cc(C(=O)O)c(N)s1. The van der Waals surface area contributed by atoms with Crippen molar-refractivity contribution in [2.24, 2.45) is 0 Å². The summed E-state index contributed by atoms with van der Waals surface area (Å²) in [7, 11) is 1.60. The molecule has 100 valence electrons. The summed E-state index contributed by atoms with van der Waals surface area (Å²) >= 11 is 1.26. The van der Waals surface area contributed by atoms with Gasteiger partial charge >= 0.3 is 5.97 Å². The van der Waals surface area contributed by atoms with E-state index < -0.39 is 5.97 Å². The Hall–Kier alpha value is -2.01. The molecule has 0 aliphatic heterocycles. The lowest BCUT2D eigenvalue weighted by atomic mass is 10.0. The molecule has 0 aliphatic carbocycles. The minimum absolute atomic E-state index is 0.141. The highest BCUT2D eigenvalue weighted by Crippen LogP contribution is 2.40. The van der Waals surface area contributed by atoms with Crippen molar-refractivity contribution in [3.63, 3.8) is 0 Å². The second-order valence-corrected chi connectivity index (χ2v) is 5.44. The van der Waals surface area contributed by atoms with Gasteiger partial charge in [-0.25, -0.2) is 4.79 Å². The van der Waals surface area contributed by atoms with Crippen LogP contribution in [0.15, 0.2) is 18.2 Å². The predicted octanol–water partition coefficient (Wildman–Crippen LogP) is 3.32. The molecule has 0 radical (unpaired) electrons. The Labute approximate surface area is 115 Å². The summed E-state index contributed by atoms with van der Waals surface area (Å²) in [5.41, 5.74) is 8.92. The fourth-order valence-electron chi connectivity index (χ4n) is 2.10. The van der Waals surface area contributed by atoms with Crippen LogP contribution in [0.2, 0.25) is 0 Å². The summed E-state index contributed by atoms with van der Waals surface area (Å²) in [4.78, 5) is 11.9. The van der Waals surface area contributed by atoms with Crippen LogP contribution >= 0.6 is 11.3 Å². The molecule has 2 rings (SSSR count). The van der Waals surface area contributed by atoms with E-state index in [4.69, 9.17) is 15.6 Å². The molecule has 0 saturated heterocycles. The van der Waals surface area contributed by atoms with Crippen LogP contribution in [0.4, 0.5) is 5.00 Å². The Bertz CT molecular complexity index is 646. The number of hydrogen-bond donors (Lipinski definition) is 2. The molecule has 0 amide bonds. The van der Waals surface area contributed by atoms with Crippen molar-refractivity contribution >= 4 is 22.3 Å².